The van der Waals surface area contributed by atoms with E-state index in [1.807, 2.05) is 0 Å². The molecule has 0 aliphatic carbocycles. The average Bonchev–Trinajstić information content (AvgIpc) is 2.47. The maximum atomic E-state index is 13.0. The van der Waals surface area contributed by atoms with Crippen LogP contribution in [0, 0.1) is 5.82 Å². The highest BCUT2D eigenvalue weighted by atomic mass is 19.1. The van der Waals surface area contributed by atoms with E-state index in [9.17, 15) is 4.39 Å². The van der Waals surface area contributed by atoms with Gasteiger partial charge in [-0.05, 0) is 31.0 Å². The zero-order valence-electron chi connectivity index (χ0n) is 11.7. The summed E-state index contributed by atoms with van der Waals surface area (Å²) < 4.78 is 18.4. The Labute approximate surface area is 114 Å². The summed E-state index contributed by atoms with van der Waals surface area (Å²) in [6.45, 7) is 7.65. The Bertz CT molecular complexity index is 403. The number of hydrogen-bond donors (Lipinski definition) is 1. The Morgan fingerprint density at radius 2 is 1.89 bits per heavy atom. The van der Waals surface area contributed by atoms with Gasteiger partial charge in [-0.2, -0.15) is 0 Å². The number of benzene rings is 1. The molecule has 2 atom stereocenters. The maximum Gasteiger partial charge on any atom is 0.123 e. The number of hydrogen-bond acceptors (Lipinski definition) is 3. The van der Waals surface area contributed by atoms with E-state index in [2.05, 4.69) is 18.7 Å². The summed E-state index contributed by atoms with van der Waals surface area (Å²) in [5.74, 6) is -0.222. The van der Waals surface area contributed by atoms with Crippen molar-refractivity contribution in [2.24, 2.45) is 5.73 Å². The lowest BCUT2D eigenvalue weighted by Crippen LogP contribution is -2.56. The number of rotatable bonds is 4. The van der Waals surface area contributed by atoms with E-state index in [0.29, 0.717) is 0 Å². The van der Waals surface area contributed by atoms with Crippen LogP contribution in [-0.2, 0) is 4.74 Å². The molecule has 0 radical (unpaired) electrons. The van der Waals surface area contributed by atoms with Crippen molar-refractivity contribution in [1.29, 1.82) is 0 Å². The molecule has 1 aromatic rings. The van der Waals surface area contributed by atoms with Crippen LogP contribution in [0.2, 0.25) is 0 Å². The second-order valence-corrected chi connectivity index (χ2v) is 5.34. The van der Waals surface area contributed by atoms with Crippen LogP contribution >= 0.6 is 0 Å². The van der Waals surface area contributed by atoms with E-state index in [1.54, 1.807) is 12.1 Å². The smallest absolute Gasteiger partial charge is 0.123 e. The van der Waals surface area contributed by atoms with Crippen molar-refractivity contribution >= 4 is 0 Å². The SMILES string of the molecule is CCC(C)(C(N)c1ccc(F)cc1)N1CCOCC1. The van der Waals surface area contributed by atoms with Crippen molar-refractivity contribution in [2.45, 2.75) is 31.8 Å². The monoisotopic (exact) mass is 266 g/mol. The Morgan fingerprint density at radius 1 is 1.32 bits per heavy atom. The van der Waals surface area contributed by atoms with Crippen LogP contribution in [-0.4, -0.2) is 36.7 Å². The summed E-state index contributed by atoms with van der Waals surface area (Å²) in [4.78, 5) is 2.39. The molecule has 19 heavy (non-hydrogen) atoms. The highest BCUT2D eigenvalue weighted by Gasteiger charge is 2.37. The van der Waals surface area contributed by atoms with Gasteiger partial charge in [-0.25, -0.2) is 4.39 Å². The van der Waals surface area contributed by atoms with Gasteiger partial charge < -0.3 is 10.5 Å². The normalized spacial score (nSPS) is 21.9. The summed E-state index contributed by atoms with van der Waals surface area (Å²) in [7, 11) is 0. The Morgan fingerprint density at radius 3 is 2.42 bits per heavy atom. The van der Waals surface area contributed by atoms with Gasteiger partial charge >= 0.3 is 0 Å². The lowest BCUT2D eigenvalue weighted by Gasteiger charge is -2.46. The van der Waals surface area contributed by atoms with Crippen molar-refractivity contribution in [3.8, 4) is 0 Å². The minimum Gasteiger partial charge on any atom is -0.379 e. The maximum absolute atomic E-state index is 13.0. The largest absolute Gasteiger partial charge is 0.379 e. The second-order valence-electron chi connectivity index (χ2n) is 5.34. The molecule has 2 unspecified atom stereocenters. The summed E-state index contributed by atoms with van der Waals surface area (Å²) in [6.07, 6.45) is 0.950. The molecule has 3 nitrogen and oxygen atoms in total. The molecule has 106 valence electrons. The lowest BCUT2D eigenvalue weighted by molar-refractivity contribution is -0.0277. The van der Waals surface area contributed by atoms with Gasteiger partial charge in [0.25, 0.3) is 0 Å². The molecule has 0 spiro atoms. The van der Waals surface area contributed by atoms with Crippen LogP contribution in [0.25, 0.3) is 0 Å². The molecule has 4 heteroatoms. The van der Waals surface area contributed by atoms with Crippen LogP contribution in [0.3, 0.4) is 0 Å². The molecule has 1 saturated heterocycles. The Kier molecular flexibility index (Phi) is 4.55. The fourth-order valence-corrected chi connectivity index (χ4v) is 2.74. The summed E-state index contributed by atoms with van der Waals surface area (Å²) in [6, 6.07) is 6.40. The molecular formula is C15H23FN2O. The predicted molar refractivity (Wildman–Crippen MR) is 74.4 cm³/mol. The van der Waals surface area contributed by atoms with E-state index in [-0.39, 0.29) is 17.4 Å². The van der Waals surface area contributed by atoms with Crippen molar-refractivity contribution in [1.82, 2.24) is 4.90 Å². The third-order valence-corrected chi connectivity index (χ3v) is 4.35. The van der Waals surface area contributed by atoms with Crippen molar-refractivity contribution in [2.75, 3.05) is 26.3 Å². The standard InChI is InChI=1S/C15H23FN2O/c1-3-15(2,18-8-10-19-11-9-18)14(17)12-4-6-13(16)7-5-12/h4-7,14H,3,8-11,17H2,1-2H3. The molecule has 1 aromatic carbocycles. The molecule has 0 bridgehead atoms. The highest BCUT2D eigenvalue weighted by molar-refractivity contribution is 5.23. The minimum absolute atomic E-state index is 0.123. The molecule has 1 aliphatic heterocycles. The van der Waals surface area contributed by atoms with Crippen LogP contribution < -0.4 is 5.73 Å². The van der Waals surface area contributed by atoms with Gasteiger partial charge in [0.15, 0.2) is 0 Å². The van der Waals surface area contributed by atoms with Gasteiger partial charge in [0.05, 0.1) is 13.2 Å². The Balaban J connectivity index is 2.21. The van der Waals surface area contributed by atoms with Crippen molar-refractivity contribution in [3.05, 3.63) is 35.6 Å². The van der Waals surface area contributed by atoms with Gasteiger partial charge in [0, 0.05) is 24.7 Å². The summed E-state index contributed by atoms with van der Waals surface area (Å²) >= 11 is 0. The molecule has 0 saturated carbocycles. The van der Waals surface area contributed by atoms with Gasteiger partial charge in [-0.15, -0.1) is 0 Å². The summed E-state index contributed by atoms with van der Waals surface area (Å²) in [5.41, 5.74) is 7.32. The van der Waals surface area contributed by atoms with E-state index in [1.165, 1.54) is 12.1 Å². The zero-order valence-corrected chi connectivity index (χ0v) is 11.7. The molecule has 1 heterocycles. The molecule has 2 rings (SSSR count). The molecule has 1 aliphatic rings. The van der Waals surface area contributed by atoms with Gasteiger partial charge in [-0.3, -0.25) is 4.90 Å². The molecule has 0 aromatic heterocycles. The van der Waals surface area contributed by atoms with E-state index in [4.69, 9.17) is 10.5 Å². The second kappa shape index (κ2) is 5.99. The fourth-order valence-electron chi connectivity index (χ4n) is 2.74. The first-order chi connectivity index (χ1) is 9.08. The first kappa shape index (κ1) is 14.4. The minimum atomic E-state index is -0.222. The molecular weight excluding hydrogens is 243 g/mol. The average molecular weight is 266 g/mol. The fraction of sp³-hybridized carbons (Fsp3) is 0.600. The van der Waals surface area contributed by atoms with Crippen molar-refractivity contribution < 1.29 is 9.13 Å². The Hall–Kier alpha value is -0.970. The number of halogens is 1. The van der Waals surface area contributed by atoms with Crippen LogP contribution in [0.5, 0.6) is 0 Å². The zero-order chi connectivity index (χ0) is 13.9. The van der Waals surface area contributed by atoms with Crippen LogP contribution in [0.15, 0.2) is 24.3 Å². The first-order valence-corrected chi connectivity index (χ1v) is 6.92. The van der Waals surface area contributed by atoms with Crippen LogP contribution in [0.4, 0.5) is 4.39 Å². The van der Waals surface area contributed by atoms with Gasteiger partial charge in [-0.1, -0.05) is 19.1 Å². The highest BCUT2D eigenvalue weighted by Crippen LogP contribution is 2.33. The number of ether oxygens (including phenoxy) is 1. The van der Waals surface area contributed by atoms with Gasteiger partial charge in [0.2, 0.25) is 0 Å². The number of morpholine rings is 1. The van der Waals surface area contributed by atoms with E-state index >= 15 is 0 Å². The molecule has 1 fully saturated rings. The number of nitrogens with zero attached hydrogens (tertiary/aromatic N) is 1. The third-order valence-electron chi connectivity index (χ3n) is 4.35. The third kappa shape index (κ3) is 2.96. The van der Waals surface area contributed by atoms with E-state index < -0.39 is 0 Å². The topological polar surface area (TPSA) is 38.5 Å². The van der Waals surface area contributed by atoms with E-state index in [0.717, 1.165) is 38.3 Å². The first-order valence-electron chi connectivity index (χ1n) is 6.92. The lowest BCUT2D eigenvalue weighted by atomic mass is 9.83. The predicted octanol–water partition coefficient (Wildman–Crippen LogP) is 2.33. The molecule has 0 amide bonds. The summed E-state index contributed by atoms with van der Waals surface area (Å²) in [5, 5.41) is 0. The molecule has 2 N–H and O–H groups in total. The van der Waals surface area contributed by atoms with Crippen molar-refractivity contribution in [3.63, 3.8) is 0 Å². The number of nitrogens with two attached hydrogens (primary N) is 1. The van der Waals surface area contributed by atoms with Crippen LogP contribution in [0.1, 0.15) is 31.9 Å². The quantitative estimate of drug-likeness (QED) is 0.909. The van der Waals surface area contributed by atoms with Gasteiger partial charge in [0.1, 0.15) is 5.82 Å².